The molecule has 0 aliphatic carbocycles. The molecule has 1 aromatic carbocycles. The van der Waals surface area contributed by atoms with Gasteiger partial charge in [0.1, 0.15) is 5.75 Å². The summed E-state index contributed by atoms with van der Waals surface area (Å²) in [5, 5.41) is 0.238. The quantitative estimate of drug-likeness (QED) is 0.445. The van der Waals surface area contributed by atoms with Crippen LogP contribution in [0.5, 0.6) is 5.75 Å². The van der Waals surface area contributed by atoms with Crippen molar-refractivity contribution < 1.29 is 9.53 Å². The standard InChI is InChI=1S/C8H5Cl2NO2/c9-7(12)8(10)11-5-3-1-2-4-6(5)13-8/h1-4,11H. The smallest absolute Gasteiger partial charge is 0.335 e. The Morgan fingerprint density at radius 1 is 1.46 bits per heavy atom. The van der Waals surface area contributed by atoms with E-state index in [0.717, 1.165) is 0 Å². The number of ether oxygens (including phenoxy) is 1. The Balaban J connectivity index is 2.37. The van der Waals surface area contributed by atoms with Gasteiger partial charge in [-0.25, -0.2) is 0 Å². The van der Waals surface area contributed by atoms with Gasteiger partial charge in [0, 0.05) is 0 Å². The number of fused-ring (bicyclic) bond motifs is 1. The highest BCUT2D eigenvalue weighted by Gasteiger charge is 2.43. The van der Waals surface area contributed by atoms with E-state index in [0.29, 0.717) is 11.4 Å². The third-order valence-electron chi connectivity index (χ3n) is 1.69. The molecular weight excluding hydrogens is 213 g/mol. The van der Waals surface area contributed by atoms with Crippen molar-refractivity contribution in [3.63, 3.8) is 0 Å². The largest absolute Gasteiger partial charge is 0.444 e. The zero-order valence-corrected chi connectivity index (χ0v) is 7.89. The summed E-state index contributed by atoms with van der Waals surface area (Å²) in [4.78, 5) is 10.9. The lowest BCUT2D eigenvalue weighted by molar-refractivity contribution is -0.118. The summed E-state index contributed by atoms with van der Waals surface area (Å²) in [7, 11) is 0. The fourth-order valence-electron chi connectivity index (χ4n) is 1.10. The first-order valence-corrected chi connectivity index (χ1v) is 4.32. The molecule has 68 valence electrons. The van der Waals surface area contributed by atoms with Crippen LogP contribution in [0, 0.1) is 0 Å². The van der Waals surface area contributed by atoms with E-state index >= 15 is 0 Å². The average molecular weight is 218 g/mol. The molecule has 1 heterocycles. The van der Waals surface area contributed by atoms with Crippen LogP contribution >= 0.6 is 23.2 Å². The third kappa shape index (κ3) is 1.34. The summed E-state index contributed by atoms with van der Waals surface area (Å²) in [6, 6.07) is 7.03. The third-order valence-corrected chi connectivity index (χ3v) is 2.39. The summed E-state index contributed by atoms with van der Waals surface area (Å²) >= 11 is 11.0. The number of benzene rings is 1. The second-order valence-corrected chi connectivity index (χ2v) is 3.47. The minimum atomic E-state index is -1.65. The fraction of sp³-hybridized carbons (Fsp3) is 0.125. The van der Waals surface area contributed by atoms with Gasteiger partial charge in [-0.3, -0.25) is 4.79 Å². The molecule has 0 aromatic heterocycles. The predicted octanol–water partition coefficient (Wildman–Crippen LogP) is 2.15. The van der Waals surface area contributed by atoms with Crippen LogP contribution in [0.15, 0.2) is 24.3 Å². The van der Waals surface area contributed by atoms with Gasteiger partial charge >= 0.3 is 10.4 Å². The van der Waals surface area contributed by atoms with Crippen LogP contribution in [-0.2, 0) is 4.79 Å². The molecule has 0 amide bonds. The molecule has 0 saturated carbocycles. The Morgan fingerprint density at radius 2 is 2.15 bits per heavy atom. The molecule has 2 rings (SSSR count). The fourth-order valence-corrected chi connectivity index (χ4v) is 1.37. The van der Waals surface area contributed by atoms with Crippen LogP contribution < -0.4 is 10.1 Å². The molecule has 1 aliphatic heterocycles. The number of hydrogen-bond donors (Lipinski definition) is 1. The molecule has 5 heteroatoms. The van der Waals surface area contributed by atoms with Crippen molar-refractivity contribution in [2.24, 2.45) is 0 Å². The van der Waals surface area contributed by atoms with E-state index in [1.807, 2.05) is 0 Å². The summed E-state index contributed by atoms with van der Waals surface area (Å²) in [6.07, 6.45) is 0. The number of carbonyl (C=O) groups excluding carboxylic acids is 1. The van der Waals surface area contributed by atoms with E-state index in [1.54, 1.807) is 24.3 Å². The molecular formula is C8H5Cl2NO2. The van der Waals surface area contributed by atoms with Crippen molar-refractivity contribution in [1.82, 2.24) is 0 Å². The van der Waals surface area contributed by atoms with Crippen molar-refractivity contribution in [3.8, 4) is 5.75 Å². The van der Waals surface area contributed by atoms with Gasteiger partial charge in [0.2, 0.25) is 0 Å². The van der Waals surface area contributed by atoms with Gasteiger partial charge in [0.15, 0.2) is 0 Å². The van der Waals surface area contributed by atoms with Crippen molar-refractivity contribution in [1.29, 1.82) is 0 Å². The maximum absolute atomic E-state index is 10.9. The summed E-state index contributed by atoms with van der Waals surface area (Å²) in [6.45, 7) is 0. The lowest BCUT2D eigenvalue weighted by Crippen LogP contribution is -2.39. The number of alkyl halides is 1. The van der Waals surface area contributed by atoms with Gasteiger partial charge in [-0.05, 0) is 35.3 Å². The van der Waals surface area contributed by atoms with Crippen LogP contribution in [0.4, 0.5) is 5.69 Å². The van der Waals surface area contributed by atoms with Gasteiger partial charge in [-0.15, -0.1) is 0 Å². The molecule has 1 atom stereocenters. The van der Waals surface area contributed by atoms with Gasteiger partial charge in [-0.2, -0.15) is 0 Å². The Bertz CT molecular complexity index is 342. The molecule has 1 aromatic rings. The first-order valence-electron chi connectivity index (χ1n) is 3.57. The number of rotatable bonds is 1. The number of halogens is 2. The number of carbonyl (C=O) groups is 1. The summed E-state index contributed by atoms with van der Waals surface area (Å²) < 4.78 is 5.13. The molecule has 1 aliphatic rings. The number of nitrogens with one attached hydrogen (secondary N) is 1. The van der Waals surface area contributed by atoms with E-state index < -0.39 is 10.4 Å². The Labute approximate surface area is 84.6 Å². The van der Waals surface area contributed by atoms with Crippen LogP contribution in [0.2, 0.25) is 0 Å². The van der Waals surface area contributed by atoms with E-state index in [9.17, 15) is 4.79 Å². The van der Waals surface area contributed by atoms with Crippen LogP contribution in [-0.4, -0.2) is 10.4 Å². The highest BCUT2D eigenvalue weighted by Crippen LogP contribution is 2.39. The van der Waals surface area contributed by atoms with Crippen LogP contribution in [0.1, 0.15) is 0 Å². The maximum atomic E-state index is 10.9. The molecule has 0 bridgehead atoms. The van der Waals surface area contributed by atoms with E-state index in [2.05, 4.69) is 5.32 Å². The van der Waals surface area contributed by atoms with Gasteiger partial charge in [-0.1, -0.05) is 12.1 Å². The minimum Gasteiger partial charge on any atom is -0.444 e. The molecule has 3 nitrogen and oxygen atoms in total. The topological polar surface area (TPSA) is 38.3 Å². The molecule has 0 radical (unpaired) electrons. The Hall–Kier alpha value is -0.930. The zero-order chi connectivity index (χ0) is 9.47. The van der Waals surface area contributed by atoms with Gasteiger partial charge < -0.3 is 10.1 Å². The lowest BCUT2D eigenvalue weighted by Gasteiger charge is -2.15. The minimum absolute atomic E-state index is 0.520. The van der Waals surface area contributed by atoms with Gasteiger partial charge in [0.25, 0.3) is 0 Å². The highest BCUT2D eigenvalue weighted by atomic mass is 35.5. The summed E-state index contributed by atoms with van der Waals surface area (Å²) in [5.41, 5.74) is 0.659. The first kappa shape index (κ1) is 8.66. The van der Waals surface area contributed by atoms with Crippen LogP contribution in [0.3, 0.4) is 0 Å². The number of hydrogen-bond acceptors (Lipinski definition) is 3. The molecule has 1 N–H and O–H groups in total. The molecule has 0 spiro atoms. The Kier molecular flexibility index (Phi) is 1.86. The van der Waals surface area contributed by atoms with Crippen LogP contribution in [0.25, 0.3) is 0 Å². The van der Waals surface area contributed by atoms with Crippen molar-refractivity contribution in [3.05, 3.63) is 24.3 Å². The van der Waals surface area contributed by atoms with Gasteiger partial charge in [0.05, 0.1) is 5.69 Å². The maximum Gasteiger partial charge on any atom is 0.335 e. The van der Waals surface area contributed by atoms with E-state index in [1.165, 1.54) is 0 Å². The molecule has 0 fully saturated rings. The zero-order valence-electron chi connectivity index (χ0n) is 6.38. The Morgan fingerprint density at radius 3 is 2.77 bits per heavy atom. The number of para-hydroxylation sites is 2. The number of anilines is 1. The second-order valence-electron chi connectivity index (χ2n) is 2.59. The summed E-state index contributed by atoms with van der Waals surface area (Å²) in [5.74, 6) is 0.520. The average Bonchev–Trinajstić information content (AvgIpc) is 2.42. The molecule has 0 saturated heterocycles. The van der Waals surface area contributed by atoms with E-state index in [4.69, 9.17) is 27.9 Å². The lowest BCUT2D eigenvalue weighted by atomic mass is 10.3. The monoisotopic (exact) mass is 217 g/mol. The SMILES string of the molecule is O=C(Cl)C1(Cl)Nc2ccccc2O1. The normalized spacial score (nSPS) is 24.5. The second kappa shape index (κ2) is 2.79. The van der Waals surface area contributed by atoms with Crippen molar-refractivity contribution >= 4 is 34.1 Å². The first-order chi connectivity index (χ1) is 6.12. The van der Waals surface area contributed by atoms with Crippen molar-refractivity contribution in [2.75, 3.05) is 5.32 Å². The molecule has 1 unspecified atom stereocenters. The highest BCUT2D eigenvalue weighted by molar-refractivity contribution is 6.70. The molecule has 13 heavy (non-hydrogen) atoms. The van der Waals surface area contributed by atoms with Crippen molar-refractivity contribution in [2.45, 2.75) is 5.18 Å². The van der Waals surface area contributed by atoms with E-state index in [-0.39, 0.29) is 0 Å². The predicted molar refractivity (Wildman–Crippen MR) is 50.1 cm³/mol.